The zero-order valence-electron chi connectivity index (χ0n) is 37.3. The Hall–Kier alpha value is -3.40. The lowest BCUT2D eigenvalue weighted by Gasteiger charge is -2.45. The number of carboxylic acids is 1. The van der Waals surface area contributed by atoms with Gasteiger partial charge in [-0.3, -0.25) is 9.59 Å². The van der Waals surface area contributed by atoms with Crippen molar-refractivity contribution < 1.29 is 79.6 Å². The second-order valence-corrected chi connectivity index (χ2v) is 17.4. The topological polar surface area (TPSA) is 299 Å². The Kier molecular flexibility index (Phi) is 23.4. The van der Waals surface area contributed by atoms with Gasteiger partial charge in [-0.2, -0.15) is 0 Å². The molecule has 362 valence electrons. The summed E-state index contributed by atoms with van der Waals surface area (Å²) < 4.78 is 23.2. The lowest BCUT2D eigenvalue weighted by Crippen LogP contribution is -2.61. The third kappa shape index (κ3) is 18.1. The highest BCUT2D eigenvalue weighted by Crippen LogP contribution is 2.38. The minimum Gasteiger partial charge on any atom is -0.481 e. The summed E-state index contributed by atoms with van der Waals surface area (Å²) in [5.41, 5.74) is 6.02. The van der Waals surface area contributed by atoms with Crippen LogP contribution in [0.25, 0.3) is 0 Å². The molecule has 17 heteroatoms. The first-order valence-corrected chi connectivity index (χ1v) is 22.2. The van der Waals surface area contributed by atoms with E-state index in [4.69, 9.17) is 24.7 Å². The zero-order valence-corrected chi connectivity index (χ0v) is 37.3. The number of fused-ring (bicyclic) bond motifs is 2. The summed E-state index contributed by atoms with van der Waals surface area (Å²) in [4.78, 5) is 25.0. The predicted octanol–water partition coefficient (Wildman–Crippen LogP) is 1.74. The summed E-state index contributed by atoms with van der Waals surface area (Å²) in [7, 11) is 0. The van der Waals surface area contributed by atoms with Gasteiger partial charge in [0.2, 0.25) is 0 Å². The van der Waals surface area contributed by atoms with Gasteiger partial charge in [0.15, 0.2) is 12.1 Å². The molecule has 6 unspecified atom stereocenters. The van der Waals surface area contributed by atoms with Crippen LogP contribution in [0, 0.1) is 17.8 Å². The average Bonchev–Trinajstić information content (AvgIpc) is 3.21. The summed E-state index contributed by atoms with van der Waals surface area (Å²) in [5.74, 6) is -6.53. The first-order valence-electron chi connectivity index (χ1n) is 22.2. The maximum absolute atomic E-state index is 12.6. The van der Waals surface area contributed by atoms with Crippen LogP contribution in [0.3, 0.4) is 0 Å². The maximum atomic E-state index is 12.6. The molecular formula is C47H73NO16. The minimum atomic E-state index is -2.28. The zero-order chi connectivity index (χ0) is 47.6. The second-order valence-electron chi connectivity index (χ2n) is 17.4. The van der Waals surface area contributed by atoms with E-state index in [0.29, 0.717) is 12.8 Å². The molecule has 64 heavy (non-hydrogen) atoms. The van der Waals surface area contributed by atoms with Gasteiger partial charge in [0.25, 0.3) is 0 Å². The van der Waals surface area contributed by atoms with Crippen molar-refractivity contribution >= 4 is 11.9 Å². The van der Waals surface area contributed by atoms with E-state index in [9.17, 15) is 60.7 Å². The Morgan fingerprint density at radius 2 is 1.25 bits per heavy atom. The molecule has 0 aliphatic carbocycles. The number of carboxylic acid groups (broad SMARTS) is 1. The van der Waals surface area contributed by atoms with E-state index in [1.807, 2.05) is 49.5 Å². The van der Waals surface area contributed by atoms with Crippen LogP contribution in [0.1, 0.15) is 85.5 Å². The number of hydrogen-bond donors (Lipinski definition) is 11. The Bertz CT molecular complexity index is 1630. The molecule has 2 saturated heterocycles. The number of cyclic esters (lactones) is 1. The van der Waals surface area contributed by atoms with Crippen molar-refractivity contribution in [2.45, 2.75) is 177 Å². The Labute approximate surface area is 376 Å². The third-order valence-electron chi connectivity index (χ3n) is 12.0. The SMILES string of the molecule is CC1OC(O[C@H]2/C=C/C=C/C=C/C=C/C=C/C=C/C=C/[C@H](C)[C@@H](O)[C@@H](C)[C@H](C)OC(=O)C[C@H](O)CCCC[C@@H](O)[C@H](O)C[C@H](O)C[C@]3(O)C[C@H](O)C(C(=O)O)[C@H](C2)O3)C(O)C(N)C1O. The van der Waals surface area contributed by atoms with Crippen molar-refractivity contribution in [2.75, 3.05) is 0 Å². The summed E-state index contributed by atoms with van der Waals surface area (Å²) in [6, 6.07) is -1.13. The van der Waals surface area contributed by atoms with Crippen molar-refractivity contribution in [2.24, 2.45) is 23.5 Å². The first-order chi connectivity index (χ1) is 30.2. The quantitative estimate of drug-likeness (QED) is 0.180. The van der Waals surface area contributed by atoms with Crippen LogP contribution < -0.4 is 5.73 Å². The molecule has 3 aliphatic heterocycles. The van der Waals surface area contributed by atoms with Gasteiger partial charge in [-0.1, -0.05) is 112 Å². The molecule has 3 aliphatic rings. The number of rotatable bonds is 3. The fourth-order valence-corrected chi connectivity index (χ4v) is 7.93. The number of aliphatic hydroxyl groups is 9. The van der Waals surface area contributed by atoms with E-state index in [1.54, 1.807) is 57.2 Å². The Balaban J connectivity index is 1.84. The fourth-order valence-electron chi connectivity index (χ4n) is 7.93. The number of aliphatic carboxylic acids is 1. The van der Waals surface area contributed by atoms with Crippen molar-refractivity contribution in [1.82, 2.24) is 0 Å². The van der Waals surface area contributed by atoms with Crippen molar-refractivity contribution in [3.05, 3.63) is 85.1 Å². The third-order valence-corrected chi connectivity index (χ3v) is 12.0. The van der Waals surface area contributed by atoms with Gasteiger partial charge < -0.3 is 75.7 Å². The molecule has 2 bridgehead atoms. The molecule has 0 aromatic carbocycles. The van der Waals surface area contributed by atoms with Gasteiger partial charge in [0.1, 0.15) is 18.1 Å². The van der Waals surface area contributed by atoms with Crippen LogP contribution in [0.2, 0.25) is 0 Å². The van der Waals surface area contributed by atoms with E-state index in [-0.39, 0.29) is 31.6 Å². The fraction of sp³-hybridized carbons (Fsp3) is 0.660. The molecular weight excluding hydrogens is 835 g/mol. The van der Waals surface area contributed by atoms with Crippen LogP contribution in [-0.2, 0) is 28.5 Å². The minimum absolute atomic E-state index is 0.0813. The number of hydrogen-bond acceptors (Lipinski definition) is 16. The molecule has 2 fully saturated rings. The van der Waals surface area contributed by atoms with Crippen LogP contribution in [0.15, 0.2) is 85.1 Å². The molecule has 17 nitrogen and oxygen atoms in total. The highest BCUT2D eigenvalue weighted by molar-refractivity contribution is 5.71. The van der Waals surface area contributed by atoms with Gasteiger partial charge >= 0.3 is 11.9 Å². The van der Waals surface area contributed by atoms with Crippen LogP contribution in [0.4, 0.5) is 0 Å². The molecule has 12 N–H and O–H groups in total. The van der Waals surface area contributed by atoms with Crippen LogP contribution in [0.5, 0.6) is 0 Å². The van der Waals surface area contributed by atoms with Crippen LogP contribution >= 0.6 is 0 Å². The number of aliphatic hydroxyl groups excluding tert-OH is 8. The van der Waals surface area contributed by atoms with Gasteiger partial charge in [-0.25, -0.2) is 0 Å². The Morgan fingerprint density at radius 1 is 0.688 bits per heavy atom. The highest BCUT2D eigenvalue weighted by atomic mass is 16.7. The molecule has 0 radical (unpaired) electrons. The standard InChI is InChI=1S/C47H73NO16/c1-28-19-15-13-11-9-7-5-6-8-10-12-14-16-21-34(63-46-44(57)41(48)43(56)31(4)62-46)25-38-40(45(58)59)37(53)27-47(60,64-38)26-33(50)23-36(52)35(51)22-18-17-20-32(49)24-39(54)61-30(3)29(2)42(28)55/h5-16,19,21,28-38,40-44,46,49-53,55-57,60H,17-18,20,22-27,48H2,1-4H3,(H,58,59)/b6-5+,9-7+,10-8+,13-11+,14-12+,19-15+,21-16+/t28-,29-,30-,31?,32+,33-,34-,35+,36+,37-,38-,40?,41?,42+,43?,44?,46?,47+/m0/s1. The molecule has 3 rings (SSSR count). The van der Waals surface area contributed by atoms with Crippen molar-refractivity contribution in [1.29, 1.82) is 0 Å². The smallest absolute Gasteiger partial charge is 0.311 e. The lowest BCUT2D eigenvalue weighted by molar-refractivity contribution is -0.308. The summed E-state index contributed by atoms with van der Waals surface area (Å²) in [6.45, 7) is 6.86. The monoisotopic (exact) mass is 907 g/mol. The predicted molar refractivity (Wildman–Crippen MR) is 236 cm³/mol. The highest BCUT2D eigenvalue weighted by Gasteiger charge is 2.51. The van der Waals surface area contributed by atoms with E-state index in [0.717, 1.165) is 0 Å². The van der Waals surface area contributed by atoms with Crippen LogP contribution in [-0.4, -0.2) is 154 Å². The molecule has 0 spiro atoms. The number of esters is 1. The molecule has 0 amide bonds. The molecule has 0 aromatic rings. The number of carbonyl (C=O) groups excluding carboxylic acids is 1. The normalized spacial score (nSPS) is 44.8. The molecule has 3 heterocycles. The first kappa shape index (κ1) is 54.9. The van der Waals surface area contributed by atoms with Crippen molar-refractivity contribution in [3.8, 4) is 0 Å². The average molecular weight is 908 g/mol. The van der Waals surface area contributed by atoms with Gasteiger partial charge in [0, 0.05) is 37.5 Å². The number of ether oxygens (including phenoxy) is 4. The number of nitrogens with two attached hydrogens (primary N) is 1. The summed E-state index contributed by atoms with van der Waals surface area (Å²) >= 11 is 0. The summed E-state index contributed by atoms with van der Waals surface area (Å²) in [5, 5.41) is 108. The summed E-state index contributed by atoms with van der Waals surface area (Å²) in [6.07, 6.45) is 7.71. The van der Waals surface area contributed by atoms with E-state index in [2.05, 4.69) is 0 Å². The lowest BCUT2D eigenvalue weighted by atomic mass is 9.82. The molecule has 18 atom stereocenters. The number of allylic oxidation sites excluding steroid dienone is 12. The largest absolute Gasteiger partial charge is 0.481 e. The van der Waals surface area contributed by atoms with E-state index >= 15 is 0 Å². The maximum Gasteiger partial charge on any atom is 0.311 e. The van der Waals surface area contributed by atoms with Gasteiger partial charge in [0.05, 0.1) is 73.5 Å². The molecule has 0 saturated carbocycles. The Morgan fingerprint density at radius 3 is 1.84 bits per heavy atom. The van der Waals surface area contributed by atoms with Gasteiger partial charge in [-0.05, 0) is 26.7 Å². The van der Waals surface area contributed by atoms with E-state index < -0.39 is 134 Å². The number of carbonyl (C=O) groups is 2. The second kappa shape index (κ2) is 27.3. The van der Waals surface area contributed by atoms with Crippen molar-refractivity contribution in [3.63, 3.8) is 0 Å². The molecule has 0 aromatic heterocycles. The van der Waals surface area contributed by atoms with Gasteiger partial charge in [-0.15, -0.1) is 0 Å². The van der Waals surface area contributed by atoms with E-state index in [1.165, 1.54) is 6.08 Å².